The minimum absolute atomic E-state index is 0.143. The second-order valence-corrected chi connectivity index (χ2v) is 8.67. The lowest BCUT2D eigenvalue weighted by molar-refractivity contribution is 0.0182. The molecule has 166 valence electrons. The van der Waals surface area contributed by atoms with Crippen molar-refractivity contribution in [1.82, 2.24) is 9.88 Å². The molecule has 3 aromatic rings. The van der Waals surface area contributed by atoms with Crippen LogP contribution in [0.1, 0.15) is 11.1 Å². The van der Waals surface area contributed by atoms with E-state index in [0.717, 1.165) is 41.8 Å². The highest BCUT2D eigenvalue weighted by molar-refractivity contribution is 9.10. The number of hydrogen-bond donors (Lipinski definition) is 1. The van der Waals surface area contributed by atoms with Gasteiger partial charge in [-0.3, -0.25) is 9.88 Å². The monoisotopic (exact) mass is 494 g/mol. The molecule has 2 heterocycles. The van der Waals surface area contributed by atoms with Crippen molar-refractivity contribution in [3.63, 3.8) is 0 Å². The number of piperazine rings is 1. The summed E-state index contributed by atoms with van der Waals surface area (Å²) in [5.41, 5.74) is 3.81. The minimum Gasteiger partial charge on any atom is -0.392 e. The lowest BCUT2D eigenvalue weighted by atomic mass is 10.0. The number of β-amino-alcohol motifs (C(OH)–C–C–N with tert-alkyl or cyclic N) is 1. The van der Waals surface area contributed by atoms with Gasteiger partial charge in [-0.2, -0.15) is 0 Å². The SMILES string of the molecule is OC(CON=C(c1ccncc1)c1ccc(Br)cc1)CN1CCN(c2ccccc2)CC1. The summed E-state index contributed by atoms with van der Waals surface area (Å²) >= 11 is 3.46. The summed E-state index contributed by atoms with van der Waals surface area (Å²) in [6, 6.07) is 22.1. The first-order chi connectivity index (χ1) is 15.7. The quantitative estimate of drug-likeness (QED) is 0.381. The van der Waals surface area contributed by atoms with E-state index in [-0.39, 0.29) is 6.61 Å². The normalized spacial score (nSPS) is 16.1. The van der Waals surface area contributed by atoms with Crippen LogP contribution in [0.25, 0.3) is 0 Å². The number of rotatable bonds is 8. The number of para-hydroxylation sites is 1. The third-order valence-electron chi connectivity index (χ3n) is 5.46. The third kappa shape index (κ3) is 6.16. The van der Waals surface area contributed by atoms with Crippen LogP contribution in [0.4, 0.5) is 5.69 Å². The highest BCUT2D eigenvalue weighted by atomic mass is 79.9. The van der Waals surface area contributed by atoms with Gasteiger partial charge in [0.25, 0.3) is 0 Å². The molecule has 1 N–H and O–H groups in total. The minimum atomic E-state index is -0.606. The van der Waals surface area contributed by atoms with Gasteiger partial charge in [-0.15, -0.1) is 0 Å². The van der Waals surface area contributed by atoms with Crippen molar-refractivity contribution in [2.45, 2.75) is 6.10 Å². The number of hydrogen-bond acceptors (Lipinski definition) is 6. The number of benzene rings is 2. The summed E-state index contributed by atoms with van der Waals surface area (Å²) in [6.45, 7) is 4.44. The van der Waals surface area contributed by atoms with Gasteiger partial charge in [0.2, 0.25) is 0 Å². The standard InChI is InChI=1S/C25H27BrN4O2/c26-22-8-6-20(7-9-22)25(21-10-12-27-13-11-21)28-32-19-24(31)18-29-14-16-30(17-15-29)23-4-2-1-3-5-23/h1-13,24,31H,14-19H2. The smallest absolute Gasteiger partial charge is 0.144 e. The highest BCUT2D eigenvalue weighted by Crippen LogP contribution is 2.17. The number of aliphatic hydroxyl groups is 1. The van der Waals surface area contributed by atoms with E-state index in [1.807, 2.05) is 42.5 Å². The maximum Gasteiger partial charge on any atom is 0.144 e. The van der Waals surface area contributed by atoms with Crippen LogP contribution in [-0.2, 0) is 4.84 Å². The Morgan fingerprint density at radius 2 is 1.59 bits per heavy atom. The largest absolute Gasteiger partial charge is 0.392 e. The molecule has 0 radical (unpaired) electrons. The number of nitrogens with zero attached hydrogens (tertiary/aromatic N) is 4. The second kappa shape index (κ2) is 11.2. The lowest BCUT2D eigenvalue weighted by Crippen LogP contribution is -2.49. The zero-order valence-corrected chi connectivity index (χ0v) is 19.4. The van der Waals surface area contributed by atoms with Gasteiger partial charge in [0.05, 0.1) is 0 Å². The van der Waals surface area contributed by atoms with Gasteiger partial charge in [-0.05, 0) is 36.4 Å². The average molecular weight is 495 g/mol. The fraction of sp³-hybridized carbons (Fsp3) is 0.280. The molecule has 6 nitrogen and oxygen atoms in total. The molecule has 1 fully saturated rings. The molecule has 0 aliphatic carbocycles. The van der Waals surface area contributed by atoms with Crippen molar-refractivity contribution in [2.24, 2.45) is 5.16 Å². The molecule has 1 aliphatic heterocycles. The van der Waals surface area contributed by atoms with Crippen LogP contribution in [0.3, 0.4) is 0 Å². The third-order valence-corrected chi connectivity index (χ3v) is 5.99. The van der Waals surface area contributed by atoms with E-state index in [0.29, 0.717) is 12.3 Å². The summed E-state index contributed by atoms with van der Waals surface area (Å²) in [5, 5.41) is 14.9. The summed E-state index contributed by atoms with van der Waals surface area (Å²) in [5.74, 6) is 0. The van der Waals surface area contributed by atoms with Crippen LogP contribution in [0.2, 0.25) is 0 Å². The van der Waals surface area contributed by atoms with Crippen LogP contribution < -0.4 is 4.90 Å². The Morgan fingerprint density at radius 1 is 0.938 bits per heavy atom. The predicted octanol–water partition coefficient (Wildman–Crippen LogP) is 3.80. The molecule has 1 unspecified atom stereocenters. The number of pyridine rings is 1. The highest BCUT2D eigenvalue weighted by Gasteiger charge is 2.20. The first-order valence-electron chi connectivity index (χ1n) is 10.8. The van der Waals surface area contributed by atoms with E-state index in [4.69, 9.17) is 4.84 Å². The molecule has 1 aromatic heterocycles. The molecule has 0 bridgehead atoms. The first kappa shape index (κ1) is 22.5. The van der Waals surface area contributed by atoms with E-state index in [1.165, 1.54) is 5.69 Å². The molecule has 0 amide bonds. The van der Waals surface area contributed by atoms with Crippen LogP contribution in [0.5, 0.6) is 0 Å². The summed E-state index contributed by atoms with van der Waals surface area (Å²) < 4.78 is 0.999. The van der Waals surface area contributed by atoms with Gasteiger partial charge in [0.15, 0.2) is 0 Å². The van der Waals surface area contributed by atoms with Gasteiger partial charge in [0, 0.05) is 66.4 Å². The second-order valence-electron chi connectivity index (χ2n) is 7.76. The van der Waals surface area contributed by atoms with Crippen molar-refractivity contribution in [1.29, 1.82) is 0 Å². The lowest BCUT2D eigenvalue weighted by Gasteiger charge is -2.36. The number of aromatic nitrogens is 1. The fourth-order valence-electron chi connectivity index (χ4n) is 3.76. The predicted molar refractivity (Wildman–Crippen MR) is 131 cm³/mol. The number of anilines is 1. The summed E-state index contributed by atoms with van der Waals surface area (Å²) in [6.07, 6.45) is 2.85. The van der Waals surface area contributed by atoms with Crippen molar-refractivity contribution in [3.8, 4) is 0 Å². The van der Waals surface area contributed by atoms with Crippen molar-refractivity contribution in [3.05, 3.63) is 94.7 Å². The maximum atomic E-state index is 10.5. The summed E-state index contributed by atoms with van der Waals surface area (Å²) in [4.78, 5) is 14.3. The average Bonchev–Trinajstić information content (AvgIpc) is 2.84. The molecule has 1 saturated heterocycles. The fourth-order valence-corrected chi connectivity index (χ4v) is 4.02. The molecule has 7 heteroatoms. The van der Waals surface area contributed by atoms with Gasteiger partial charge in [-0.1, -0.05) is 51.4 Å². The zero-order valence-electron chi connectivity index (χ0n) is 17.8. The van der Waals surface area contributed by atoms with Crippen molar-refractivity contribution >= 4 is 27.3 Å². The van der Waals surface area contributed by atoms with E-state index in [2.05, 4.69) is 60.1 Å². The van der Waals surface area contributed by atoms with E-state index >= 15 is 0 Å². The topological polar surface area (TPSA) is 61.2 Å². The number of halogens is 1. The molecule has 32 heavy (non-hydrogen) atoms. The molecule has 0 spiro atoms. The Bertz CT molecular complexity index is 991. The molecular weight excluding hydrogens is 468 g/mol. The molecule has 0 saturated carbocycles. The molecule has 4 rings (SSSR count). The van der Waals surface area contributed by atoms with Crippen LogP contribution in [0, 0.1) is 0 Å². The number of oxime groups is 1. The van der Waals surface area contributed by atoms with Crippen molar-refractivity contribution < 1.29 is 9.94 Å². The Kier molecular flexibility index (Phi) is 7.87. The molecule has 2 aromatic carbocycles. The van der Waals surface area contributed by atoms with Crippen LogP contribution in [0.15, 0.2) is 88.8 Å². The van der Waals surface area contributed by atoms with Crippen LogP contribution >= 0.6 is 15.9 Å². The maximum absolute atomic E-state index is 10.5. The molecular formula is C25H27BrN4O2. The van der Waals surface area contributed by atoms with Crippen LogP contribution in [-0.4, -0.2) is 66.1 Å². The zero-order chi connectivity index (χ0) is 22.2. The molecule has 1 aliphatic rings. The molecule has 1 atom stereocenters. The van der Waals surface area contributed by atoms with E-state index in [9.17, 15) is 5.11 Å². The Balaban J connectivity index is 1.31. The van der Waals surface area contributed by atoms with Gasteiger partial charge >= 0.3 is 0 Å². The van der Waals surface area contributed by atoms with E-state index in [1.54, 1.807) is 12.4 Å². The Hall–Kier alpha value is -2.74. The van der Waals surface area contributed by atoms with Crippen molar-refractivity contribution in [2.75, 3.05) is 44.2 Å². The summed E-state index contributed by atoms with van der Waals surface area (Å²) in [7, 11) is 0. The Labute approximate surface area is 197 Å². The van der Waals surface area contributed by atoms with Gasteiger partial charge < -0.3 is 14.8 Å². The van der Waals surface area contributed by atoms with Gasteiger partial charge in [-0.25, -0.2) is 0 Å². The van der Waals surface area contributed by atoms with E-state index < -0.39 is 6.10 Å². The Morgan fingerprint density at radius 3 is 2.28 bits per heavy atom. The number of aliphatic hydroxyl groups excluding tert-OH is 1. The first-order valence-corrected chi connectivity index (χ1v) is 11.5. The van der Waals surface area contributed by atoms with Gasteiger partial charge in [0.1, 0.15) is 18.4 Å².